The van der Waals surface area contributed by atoms with Crippen LogP contribution < -0.4 is 9.47 Å². The number of carbonyl (C=O) groups excluding carboxylic acids is 1. The lowest BCUT2D eigenvalue weighted by Gasteiger charge is -2.34. The van der Waals surface area contributed by atoms with Crippen LogP contribution in [-0.2, 0) is 10.2 Å². The molecule has 118 valence electrons. The van der Waals surface area contributed by atoms with Crippen molar-refractivity contribution in [1.82, 2.24) is 4.90 Å². The molecule has 0 saturated heterocycles. The highest BCUT2D eigenvalue weighted by molar-refractivity contribution is 5.89. The first-order valence-electron chi connectivity index (χ1n) is 8.38. The van der Waals surface area contributed by atoms with Crippen LogP contribution in [0.4, 0.5) is 0 Å². The minimum atomic E-state index is -0.354. The van der Waals surface area contributed by atoms with Crippen LogP contribution in [0.1, 0.15) is 44.1 Å². The highest BCUT2D eigenvalue weighted by Crippen LogP contribution is 2.46. The van der Waals surface area contributed by atoms with Crippen molar-refractivity contribution in [2.24, 2.45) is 0 Å². The molecule has 0 radical (unpaired) electrons. The number of likely N-dealkylation sites (N-methyl/N-ethyl adjacent to an activating group) is 1. The Balaban J connectivity index is 1.70. The lowest BCUT2D eigenvalue weighted by Crippen LogP contribution is -2.44. The van der Waals surface area contributed by atoms with E-state index in [4.69, 9.17) is 9.47 Å². The van der Waals surface area contributed by atoms with Crippen molar-refractivity contribution in [2.45, 2.75) is 50.0 Å². The van der Waals surface area contributed by atoms with Crippen LogP contribution in [0.25, 0.3) is 0 Å². The quantitative estimate of drug-likeness (QED) is 0.861. The number of hydrogen-bond donors (Lipinski definition) is 0. The van der Waals surface area contributed by atoms with E-state index in [9.17, 15) is 4.79 Å². The molecule has 4 nitrogen and oxygen atoms in total. The van der Waals surface area contributed by atoms with Gasteiger partial charge in [0.25, 0.3) is 0 Å². The summed E-state index contributed by atoms with van der Waals surface area (Å²) in [6.45, 7) is 1.18. The fourth-order valence-electron chi connectivity index (χ4n) is 3.91. The molecule has 2 saturated carbocycles. The average molecular weight is 301 g/mol. The van der Waals surface area contributed by atoms with E-state index in [1.54, 1.807) is 0 Å². The number of carbonyl (C=O) groups is 1. The Kier molecular flexibility index (Phi) is 3.28. The minimum absolute atomic E-state index is 0.296. The summed E-state index contributed by atoms with van der Waals surface area (Å²) in [4.78, 5) is 15.2. The van der Waals surface area contributed by atoms with Gasteiger partial charge in [0, 0.05) is 13.1 Å². The lowest BCUT2D eigenvalue weighted by molar-refractivity contribution is -0.136. The summed E-state index contributed by atoms with van der Waals surface area (Å²) in [6.07, 6.45) is 6.45. The first-order valence-corrected chi connectivity index (χ1v) is 8.38. The van der Waals surface area contributed by atoms with Gasteiger partial charge in [-0.2, -0.15) is 0 Å². The van der Waals surface area contributed by atoms with Gasteiger partial charge in [0.1, 0.15) is 13.2 Å². The third-order valence-electron chi connectivity index (χ3n) is 5.38. The summed E-state index contributed by atoms with van der Waals surface area (Å²) >= 11 is 0. The minimum Gasteiger partial charge on any atom is -0.486 e. The Hall–Kier alpha value is -1.71. The largest absolute Gasteiger partial charge is 0.486 e. The van der Waals surface area contributed by atoms with Crippen LogP contribution >= 0.6 is 0 Å². The first kappa shape index (κ1) is 13.9. The van der Waals surface area contributed by atoms with E-state index in [0.717, 1.165) is 55.6 Å². The second kappa shape index (κ2) is 5.18. The molecular formula is C18H23NO3. The highest BCUT2D eigenvalue weighted by atomic mass is 16.6. The molecule has 22 heavy (non-hydrogen) atoms. The Labute approximate surface area is 131 Å². The topological polar surface area (TPSA) is 38.8 Å². The summed E-state index contributed by atoms with van der Waals surface area (Å²) in [7, 11) is 1.97. The van der Waals surface area contributed by atoms with Crippen LogP contribution in [0.2, 0.25) is 0 Å². The normalized spacial score (nSPS) is 22.4. The lowest BCUT2D eigenvalue weighted by atomic mass is 9.77. The SMILES string of the molecule is CN(C(=O)C1(c2ccc3c(c2)OCCO3)CCCC1)C1CC1. The van der Waals surface area contributed by atoms with Gasteiger partial charge in [-0.15, -0.1) is 0 Å². The zero-order chi connectivity index (χ0) is 15.2. The van der Waals surface area contributed by atoms with Gasteiger partial charge in [-0.05, 0) is 43.4 Å². The number of ether oxygens (including phenoxy) is 2. The van der Waals surface area contributed by atoms with Crippen LogP contribution in [0.3, 0.4) is 0 Å². The fraction of sp³-hybridized carbons (Fsp3) is 0.611. The van der Waals surface area contributed by atoms with Gasteiger partial charge in [0.2, 0.25) is 5.91 Å². The summed E-state index contributed by atoms with van der Waals surface area (Å²) in [5.74, 6) is 1.88. The van der Waals surface area contributed by atoms with Crippen LogP contribution in [-0.4, -0.2) is 37.1 Å². The predicted molar refractivity (Wildman–Crippen MR) is 83.4 cm³/mol. The third kappa shape index (κ3) is 2.16. The first-order chi connectivity index (χ1) is 10.7. The average Bonchev–Trinajstić information content (AvgIpc) is 3.30. The van der Waals surface area contributed by atoms with Gasteiger partial charge in [0.15, 0.2) is 11.5 Å². The Bertz CT molecular complexity index is 588. The van der Waals surface area contributed by atoms with Gasteiger partial charge in [-0.1, -0.05) is 18.9 Å². The van der Waals surface area contributed by atoms with E-state index in [-0.39, 0.29) is 5.41 Å². The zero-order valence-corrected chi connectivity index (χ0v) is 13.1. The maximum absolute atomic E-state index is 13.2. The van der Waals surface area contributed by atoms with Crippen LogP contribution in [0, 0.1) is 0 Å². The molecule has 1 heterocycles. The van der Waals surface area contributed by atoms with E-state index < -0.39 is 0 Å². The van der Waals surface area contributed by atoms with Gasteiger partial charge in [-0.3, -0.25) is 4.79 Å². The molecular weight excluding hydrogens is 278 g/mol. The van der Waals surface area contributed by atoms with E-state index in [1.807, 2.05) is 24.1 Å². The molecule has 0 aromatic heterocycles. The van der Waals surface area contributed by atoms with Crippen molar-refractivity contribution in [3.05, 3.63) is 23.8 Å². The third-order valence-corrected chi connectivity index (χ3v) is 5.38. The molecule has 0 unspecified atom stereocenters. The Morgan fingerprint density at radius 3 is 2.50 bits per heavy atom. The molecule has 4 heteroatoms. The molecule has 2 fully saturated rings. The van der Waals surface area contributed by atoms with Crippen molar-refractivity contribution in [3.63, 3.8) is 0 Å². The number of nitrogens with zero attached hydrogens (tertiary/aromatic N) is 1. The van der Waals surface area contributed by atoms with Crippen LogP contribution in [0.5, 0.6) is 11.5 Å². The molecule has 1 amide bonds. The standard InChI is InChI=1S/C18H23NO3/c1-19(14-5-6-14)17(20)18(8-2-3-9-18)13-4-7-15-16(12-13)22-11-10-21-15/h4,7,12,14H,2-3,5-6,8-11H2,1H3. The smallest absolute Gasteiger partial charge is 0.233 e. The second-order valence-corrected chi connectivity index (χ2v) is 6.79. The summed E-state index contributed by atoms with van der Waals surface area (Å²) < 4.78 is 11.3. The molecule has 4 rings (SSSR count). The van der Waals surface area contributed by atoms with Crippen molar-refractivity contribution >= 4 is 5.91 Å². The van der Waals surface area contributed by atoms with Gasteiger partial charge in [-0.25, -0.2) is 0 Å². The molecule has 2 aliphatic carbocycles. The number of fused-ring (bicyclic) bond motifs is 1. The van der Waals surface area contributed by atoms with Gasteiger partial charge >= 0.3 is 0 Å². The van der Waals surface area contributed by atoms with Crippen molar-refractivity contribution in [2.75, 3.05) is 20.3 Å². The molecule has 0 atom stereocenters. The Morgan fingerprint density at radius 1 is 1.14 bits per heavy atom. The zero-order valence-electron chi connectivity index (χ0n) is 13.1. The maximum Gasteiger partial charge on any atom is 0.233 e. The Morgan fingerprint density at radius 2 is 1.82 bits per heavy atom. The molecule has 0 N–H and O–H groups in total. The second-order valence-electron chi connectivity index (χ2n) is 6.79. The van der Waals surface area contributed by atoms with E-state index in [2.05, 4.69) is 6.07 Å². The molecule has 0 bridgehead atoms. The number of benzene rings is 1. The number of amides is 1. The maximum atomic E-state index is 13.2. The van der Waals surface area contributed by atoms with Crippen molar-refractivity contribution in [3.8, 4) is 11.5 Å². The monoisotopic (exact) mass is 301 g/mol. The number of hydrogen-bond acceptors (Lipinski definition) is 3. The van der Waals surface area contributed by atoms with E-state index in [1.165, 1.54) is 0 Å². The molecule has 0 spiro atoms. The highest BCUT2D eigenvalue weighted by Gasteiger charge is 2.47. The summed E-state index contributed by atoms with van der Waals surface area (Å²) in [6, 6.07) is 6.53. The molecule has 3 aliphatic rings. The summed E-state index contributed by atoms with van der Waals surface area (Å²) in [5.41, 5.74) is 0.749. The predicted octanol–water partition coefficient (Wildman–Crippen LogP) is 2.89. The van der Waals surface area contributed by atoms with E-state index >= 15 is 0 Å². The molecule has 1 aromatic rings. The van der Waals surface area contributed by atoms with Gasteiger partial charge < -0.3 is 14.4 Å². The number of rotatable bonds is 3. The molecule has 1 aliphatic heterocycles. The van der Waals surface area contributed by atoms with Gasteiger partial charge in [0.05, 0.1) is 5.41 Å². The van der Waals surface area contributed by atoms with Crippen molar-refractivity contribution in [1.29, 1.82) is 0 Å². The summed E-state index contributed by atoms with van der Waals surface area (Å²) in [5, 5.41) is 0. The van der Waals surface area contributed by atoms with Crippen molar-refractivity contribution < 1.29 is 14.3 Å². The molecule has 1 aromatic carbocycles. The fourth-order valence-corrected chi connectivity index (χ4v) is 3.91. The van der Waals surface area contributed by atoms with Crippen LogP contribution in [0.15, 0.2) is 18.2 Å². The van der Waals surface area contributed by atoms with E-state index in [0.29, 0.717) is 25.2 Å².